The number of halogens is 1. The smallest absolute Gasteiger partial charge is 0.257 e. The van der Waals surface area contributed by atoms with E-state index < -0.39 is 0 Å². The van der Waals surface area contributed by atoms with Crippen LogP contribution in [-0.2, 0) is 0 Å². The van der Waals surface area contributed by atoms with Gasteiger partial charge in [-0.1, -0.05) is 34.1 Å². The molecule has 28 heavy (non-hydrogen) atoms. The SMILES string of the molecule is O=C(NC(=S)Nc1ccc2oc(-c3ccccc3)nc2c1)c1ccc(Br)cc1. The number of oxazole rings is 1. The molecule has 1 aromatic heterocycles. The van der Waals surface area contributed by atoms with Gasteiger partial charge >= 0.3 is 0 Å². The molecule has 1 heterocycles. The van der Waals surface area contributed by atoms with Crippen LogP contribution in [-0.4, -0.2) is 16.0 Å². The number of hydrogen-bond donors (Lipinski definition) is 2. The van der Waals surface area contributed by atoms with Crippen molar-refractivity contribution in [2.75, 3.05) is 5.32 Å². The first-order valence-corrected chi connectivity index (χ1v) is 9.62. The van der Waals surface area contributed by atoms with E-state index in [1.165, 1.54) is 0 Å². The second-order valence-electron chi connectivity index (χ2n) is 5.98. The molecule has 0 atom stereocenters. The number of thiocarbonyl (C=S) groups is 1. The number of carbonyl (C=O) groups is 1. The Hall–Kier alpha value is -3.03. The zero-order chi connectivity index (χ0) is 19.5. The lowest BCUT2D eigenvalue weighted by Crippen LogP contribution is -2.34. The first-order chi connectivity index (χ1) is 13.6. The summed E-state index contributed by atoms with van der Waals surface area (Å²) in [6.45, 7) is 0. The van der Waals surface area contributed by atoms with Crippen LogP contribution in [0.2, 0.25) is 0 Å². The van der Waals surface area contributed by atoms with Crippen LogP contribution in [0.1, 0.15) is 10.4 Å². The van der Waals surface area contributed by atoms with Crippen LogP contribution in [0.4, 0.5) is 5.69 Å². The van der Waals surface area contributed by atoms with Gasteiger partial charge in [0, 0.05) is 21.3 Å². The van der Waals surface area contributed by atoms with Crippen molar-refractivity contribution in [1.82, 2.24) is 10.3 Å². The predicted octanol–water partition coefficient (Wildman–Crippen LogP) is 5.38. The Morgan fingerprint density at radius 2 is 1.75 bits per heavy atom. The monoisotopic (exact) mass is 451 g/mol. The average molecular weight is 452 g/mol. The van der Waals surface area contributed by atoms with Crippen LogP contribution in [0.5, 0.6) is 0 Å². The number of fused-ring (bicyclic) bond motifs is 1. The molecule has 0 saturated carbocycles. The molecular formula is C21H14BrN3O2S. The lowest BCUT2D eigenvalue weighted by Gasteiger charge is -2.09. The van der Waals surface area contributed by atoms with Crippen molar-refractivity contribution in [3.63, 3.8) is 0 Å². The van der Waals surface area contributed by atoms with Gasteiger partial charge in [-0.3, -0.25) is 10.1 Å². The Bertz CT molecular complexity index is 1160. The number of amides is 1. The summed E-state index contributed by atoms with van der Waals surface area (Å²) in [7, 11) is 0. The van der Waals surface area contributed by atoms with Crippen LogP contribution < -0.4 is 10.6 Å². The van der Waals surface area contributed by atoms with E-state index in [1.807, 2.05) is 48.5 Å². The average Bonchev–Trinajstić information content (AvgIpc) is 3.12. The highest BCUT2D eigenvalue weighted by atomic mass is 79.9. The second kappa shape index (κ2) is 7.92. The lowest BCUT2D eigenvalue weighted by atomic mass is 10.2. The van der Waals surface area contributed by atoms with Gasteiger partial charge in [-0.05, 0) is 66.8 Å². The van der Waals surface area contributed by atoms with Crippen molar-refractivity contribution in [2.24, 2.45) is 0 Å². The summed E-state index contributed by atoms with van der Waals surface area (Å²) >= 11 is 8.59. The summed E-state index contributed by atoms with van der Waals surface area (Å²) in [5, 5.41) is 5.88. The predicted molar refractivity (Wildman–Crippen MR) is 117 cm³/mol. The maximum absolute atomic E-state index is 12.2. The topological polar surface area (TPSA) is 67.2 Å². The van der Waals surface area contributed by atoms with Crippen molar-refractivity contribution in [3.05, 3.63) is 82.8 Å². The van der Waals surface area contributed by atoms with Crippen LogP contribution in [0.3, 0.4) is 0 Å². The van der Waals surface area contributed by atoms with Gasteiger partial charge in [-0.15, -0.1) is 0 Å². The van der Waals surface area contributed by atoms with Gasteiger partial charge in [-0.25, -0.2) is 4.98 Å². The van der Waals surface area contributed by atoms with Crippen molar-refractivity contribution in [1.29, 1.82) is 0 Å². The Labute approximate surface area is 174 Å². The van der Waals surface area contributed by atoms with Crippen LogP contribution >= 0.6 is 28.1 Å². The van der Waals surface area contributed by atoms with Crippen molar-refractivity contribution in [2.45, 2.75) is 0 Å². The number of nitrogens with one attached hydrogen (secondary N) is 2. The van der Waals surface area contributed by atoms with Gasteiger partial charge in [0.1, 0.15) is 5.52 Å². The molecule has 0 saturated heterocycles. The number of benzene rings is 3. The fraction of sp³-hybridized carbons (Fsp3) is 0. The van der Waals surface area contributed by atoms with Gasteiger partial charge in [0.05, 0.1) is 0 Å². The molecule has 0 aliphatic heterocycles. The largest absolute Gasteiger partial charge is 0.436 e. The first kappa shape index (κ1) is 18.3. The molecule has 0 bridgehead atoms. The van der Waals surface area contributed by atoms with Crippen LogP contribution in [0.15, 0.2) is 81.7 Å². The summed E-state index contributed by atoms with van der Waals surface area (Å²) in [5.74, 6) is 0.276. The third-order valence-corrected chi connectivity index (χ3v) is 4.73. The molecule has 7 heteroatoms. The van der Waals surface area contributed by atoms with Gasteiger partial charge < -0.3 is 9.73 Å². The minimum atomic E-state index is -0.279. The normalized spacial score (nSPS) is 10.6. The summed E-state index contributed by atoms with van der Waals surface area (Å²) < 4.78 is 6.70. The molecule has 138 valence electrons. The Morgan fingerprint density at radius 1 is 1.00 bits per heavy atom. The quantitative estimate of drug-likeness (QED) is 0.409. The highest BCUT2D eigenvalue weighted by Crippen LogP contribution is 2.26. The fourth-order valence-electron chi connectivity index (χ4n) is 2.65. The minimum Gasteiger partial charge on any atom is -0.436 e. The van der Waals surface area contributed by atoms with E-state index >= 15 is 0 Å². The molecule has 0 spiro atoms. The minimum absolute atomic E-state index is 0.207. The molecular weight excluding hydrogens is 438 g/mol. The highest BCUT2D eigenvalue weighted by Gasteiger charge is 2.11. The summed E-state index contributed by atoms with van der Waals surface area (Å²) in [6, 6.07) is 22.2. The standard InChI is InChI=1S/C21H14BrN3O2S/c22-15-8-6-13(7-9-15)19(26)25-21(28)23-16-10-11-18-17(12-16)24-20(27-18)14-4-2-1-3-5-14/h1-12H,(H2,23,25,26,28). The summed E-state index contributed by atoms with van der Waals surface area (Å²) in [4.78, 5) is 16.8. The number of anilines is 1. The third kappa shape index (κ3) is 4.11. The van der Waals surface area contributed by atoms with Gasteiger partial charge in [0.15, 0.2) is 10.7 Å². The lowest BCUT2D eigenvalue weighted by molar-refractivity contribution is 0.0977. The van der Waals surface area contributed by atoms with E-state index in [-0.39, 0.29) is 11.0 Å². The molecule has 4 aromatic rings. The van der Waals surface area contributed by atoms with Gasteiger partial charge in [0.25, 0.3) is 5.91 Å². The summed E-state index contributed by atoms with van der Waals surface area (Å²) in [5.41, 5.74) is 3.51. The van der Waals surface area contributed by atoms with Crippen molar-refractivity contribution >= 4 is 56.0 Å². The molecule has 5 nitrogen and oxygen atoms in total. The van der Waals surface area contributed by atoms with E-state index in [0.29, 0.717) is 28.2 Å². The first-order valence-electron chi connectivity index (χ1n) is 8.42. The van der Waals surface area contributed by atoms with E-state index in [4.69, 9.17) is 16.6 Å². The number of aromatic nitrogens is 1. The van der Waals surface area contributed by atoms with Crippen LogP contribution in [0, 0.1) is 0 Å². The molecule has 0 aliphatic rings. The maximum atomic E-state index is 12.2. The van der Waals surface area contributed by atoms with Gasteiger partial charge in [0.2, 0.25) is 5.89 Å². The van der Waals surface area contributed by atoms with E-state index in [1.54, 1.807) is 24.3 Å². The number of carbonyl (C=O) groups excluding carboxylic acids is 1. The third-order valence-electron chi connectivity index (χ3n) is 4.00. The zero-order valence-electron chi connectivity index (χ0n) is 14.5. The van der Waals surface area contributed by atoms with E-state index in [9.17, 15) is 4.79 Å². The fourth-order valence-corrected chi connectivity index (χ4v) is 3.12. The van der Waals surface area contributed by atoms with E-state index in [2.05, 4.69) is 31.5 Å². The molecule has 2 N–H and O–H groups in total. The number of hydrogen-bond acceptors (Lipinski definition) is 4. The molecule has 0 unspecified atom stereocenters. The Balaban J connectivity index is 1.47. The molecule has 3 aromatic carbocycles. The zero-order valence-corrected chi connectivity index (χ0v) is 16.9. The van der Waals surface area contributed by atoms with E-state index in [0.717, 1.165) is 10.0 Å². The molecule has 0 aliphatic carbocycles. The number of rotatable bonds is 3. The second-order valence-corrected chi connectivity index (χ2v) is 7.31. The van der Waals surface area contributed by atoms with Gasteiger partial charge in [-0.2, -0.15) is 0 Å². The molecule has 1 amide bonds. The molecule has 0 fully saturated rings. The number of nitrogens with zero attached hydrogens (tertiary/aromatic N) is 1. The van der Waals surface area contributed by atoms with Crippen molar-refractivity contribution in [3.8, 4) is 11.5 Å². The Morgan fingerprint density at radius 3 is 2.50 bits per heavy atom. The molecule has 0 radical (unpaired) electrons. The Kier molecular flexibility index (Phi) is 5.18. The van der Waals surface area contributed by atoms with Crippen molar-refractivity contribution < 1.29 is 9.21 Å². The van der Waals surface area contributed by atoms with Crippen LogP contribution in [0.25, 0.3) is 22.6 Å². The summed E-state index contributed by atoms with van der Waals surface area (Å²) in [6.07, 6.45) is 0. The highest BCUT2D eigenvalue weighted by molar-refractivity contribution is 9.10. The maximum Gasteiger partial charge on any atom is 0.257 e. The molecule has 4 rings (SSSR count).